The molecular formula is C32H42BrClO21. The molecule has 11 atom stereocenters. The minimum atomic E-state index is -2.16. The van der Waals surface area contributed by atoms with Crippen LogP contribution in [0.5, 0.6) is 0 Å². The lowest BCUT2D eigenvalue weighted by Crippen LogP contribution is -2.68. The number of carbonyl (C=O) groups excluding carboxylic acids is 9. The zero-order valence-electron chi connectivity index (χ0n) is 30.9. The Hall–Kier alpha value is -4.12. The Balaban J connectivity index is 2.94. The zero-order chi connectivity index (χ0) is 41.8. The van der Waals surface area contributed by atoms with Gasteiger partial charge in [-0.1, -0.05) is 0 Å². The third-order valence-electron chi connectivity index (χ3n) is 7.36. The van der Waals surface area contributed by atoms with Crippen LogP contribution in [0.3, 0.4) is 0 Å². The van der Waals surface area contributed by atoms with Crippen LogP contribution in [0, 0.1) is 0 Å². The van der Waals surface area contributed by atoms with Crippen LogP contribution >= 0.6 is 27.5 Å². The molecule has 0 aliphatic carbocycles. The predicted octanol–water partition coefficient (Wildman–Crippen LogP) is 0.0849. The quantitative estimate of drug-likeness (QED) is 0.113. The van der Waals surface area contributed by atoms with Crippen LogP contribution in [0.4, 0.5) is 0 Å². The van der Waals surface area contributed by atoms with Crippen molar-refractivity contribution >= 4 is 81.3 Å². The number of ether oxygens (including phenoxy) is 12. The van der Waals surface area contributed by atoms with Gasteiger partial charge in [-0.3, -0.25) is 38.4 Å². The molecular weight excluding hydrogens is 836 g/mol. The lowest BCUT2D eigenvalue weighted by atomic mass is 9.92. The molecule has 23 heteroatoms. The lowest BCUT2D eigenvalue weighted by molar-refractivity contribution is -0.347. The molecule has 0 spiro atoms. The van der Waals surface area contributed by atoms with E-state index in [1.165, 1.54) is 0 Å². The molecule has 0 amide bonds. The fraction of sp³-hybridized carbons (Fsp3) is 0.719. The van der Waals surface area contributed by atoms with Gasteiger partial charge in [0.25, 0.3) is 0 Å². The number of methoxy groups -OCH3 is 1. The van der Waals surface area contributed by atoms with E-state index in [2.05, 4.69) is 15.9 Å². The Kier molecular flexibility index (Phi) is 18.2. The molecule has 0 radical (unpaired) electrons. The second-order valence-corrected chi connectivity index (χ2v) is 13.4. The summed E-state index contributed by atoms with van der Waals surface area (Å²) in [6.07, 6.45) is -18.4. The summed E-state index contributed by atoms with van der Waals surface area (Å²) in [5.41, 5.74) is 0. The standard InChI is InChI=1S/C32H42BrClO21/c1-13(35)45-11-21(47-15(3)37)25-27(49-17(5)39)28(50-18(6)40)29(51-19(7)41)30(54-25)53-24-20(52-23(42)10-34)9-32(33,31(43)44-8)55-26(24)22(48-16(4)38)12-46-14(2)36/h20-22,24-30H,9-12H2,1-8H3/t20-,21+,22-,24-,25-,26-,27-,28+,29+,30+,32-/m1/s1. The molecule has 2 rings (SSSR count). The topological polar surface area (TPSA) is 264 Å². The van der Waals surface area contributed by atoms with Gasteiger partial charge in [0, 0.05) is 54.9 Å². The molecule has 2 saturated heterocycles. The summed E-state index contributed by atoms with van der Waals surface area (Å²) in [6.45, 7) is 5.52. The summed E-state index contributed by atoms with van der Waals surface area (Å²) < 4.78 is 64.2. The largest absolute Gasteiger partial charge is 0.466 e. The molecule has 21 nitrogen and oxygen atoms in total. The molecule has 2 aliphatic heterocycles. The minimum absolute atomic E-state index is 0.607. The van der Waals surface area contributed by atoms with Crippen LogP contribution in [0.25, 0.3) is 0 Å². The van der Waals surface area contributed by atoms with E-state index in [0.717, 1.165) is 55.6 Å². The van der Waals surface area contributed by atoms with Gasteiger partial charge in [-0.2, -0.15) is 0 Å². The van der Waals surface area contributed by atoms with Gasteiger partial charge in [0.05, 0.1) is 7.11 Å². The minimum Gasteiger partial charge on any atom is -0.466 e. The maximum atomic E-state index is 13.1. The van der Waals surface area contributed by atoms with E-state index >= 15 is 0 Å². The second-order valence-electron chi connectivity index (χ2n) is 11.9. The molecule has 0 bridgehead atoms. The molecule has 2 heterocycles. The van der Waals surface area contributed by atoms with Crippen LogP contribution in [0.2, 0.25) is 0 Å². The number of esters is 9. The van der Waals surface area contributed by atoms with Gasteiger partial charge in [0.15, 0.2) is 36.8 Å². The van der Waals surface area contributed by atoms with Crippen LogP contribution in [0.15, 0.2) is 0 Å². The summed E-state index contributed by atoms with van der Waals surface area (Å²) in [5.74, 6) is -9.42. The first-order valence-corrected chi connectivity index (χ1v) is 17.6. The molecule has 0 saturated carbocycles. The van der Waals surface area contributed by atoms with Gasteiger partial charge >= 0.3 is 53.7 Å². The number of halogens is 2. The first-order chi connectivity index (χ1) is 25.6. The smallest absolute Gasteiger partial charge is 0.349 e. The first-order valence-electron chi connectivity index (χ1n) is 16.3. The Morgan fingerprint density at radius 1 is 0.655 bits per heavy atom. The van der Waals surface area contributed by atoms with Gasteiger partial charge in [-0.25, -0.2) is 4.79 Å². The van der Waals surface area contributed by atoms with Crippen molar-refractivity contribution in [3.63, 3.8) is 0 Å². The highest BCUT2D eigenvalue weighted by Gasteiger charge is 2.60. The van der Waals surface area contributed by atoms with Crippen LogP contribution in [-0.2, 0) is 100.0 Å². The van der Waals surface area contributed by atoms with Crippen molar-refractivity contribution in [3.05, 3.63) is 0 Å². The molecule has 310 valence electrons. The predicted molar refractivity (Wildman–Crippen MR) is 178 cm³/mol. The number of rotatable bonds is 16. The Morgan fingerprint density at radius 2 is 1.13 bits per heavy atom. The maximum Gasteiger partial charge on any atom is 0.349 e. The SMILES string of the molecule is COC(=O)[C@@]1(Br)C[C@@H](OC(=O)CCl)[C@@H](O[C@H]2O[C@H]([C@H](COC(C)=O)OC(C)=O)[C@@H](OC(C)=O)[C@H](OC(C)=O)[C@@H]2OC(C)=O)[C@@H]([C@@H](COC(C)=O)OC(C)=O)O1. The van der Waals surface area contributed by atoms with Gasteiger partial charge in [0.2, 0.25) is 4.51 Å². The van der Waals surface area contributed by atoms with E-state index in [0.29, 0.717) is 0 Å². The zero-order valence-corrected chi connectivity index (χ0v) is 33.3. The van der Waals surface area contributed by atoms with Gasteiger partial charge < -0.3 is 56.8 Å². The third-order valence-corrected chi connectivity index (χ3v) is 8.41. The fourth-order valence-electron chi connectivity index (χ4n) is 5.55. The van der Waals surface area contributed by atoms with Crippen molar-refractivity contribution < 1.29 is 100.0 Å². The van der Waals surface area contributed by atoms with E-state index < -0.39 is 145 Å². The first kappa shape index (κ1) is 47.0. The van der Waals surface area contributed by atoms with Crippen LogP contribution in [-0.4, -0.2) is 146 Å². The molecule has 0 aromatic rings. The summed E-state index contributed by atoms with van der Waals surface area (Å²) in [4.78, 5) is 112. The van der Waals surface area contributed by atoms with Crippen molar-refractivity contribution in [2.75, 3.05) is 26.2 Å². The Morgan fingerprint density at radius 3 is 1.56 bits per heavy atom. The molecule has 0 N–H and O–H groups in total. The summed E-state index contributed by atoms with van der Waals surface area (Å²) in [6, 6.07) is 0. The normalized spacial score (nSPS) is 28.5. The van der Waals surface area contributed by atoms with Crippen LogP contribution < -0.4 is 0 Å². The molecule has 55 heavy (non-hydrogen) atoms. The Labute approximate surface area is 327 Å². The maximum absolute atomic E-state index is 13.1. The van der Waals surface area contributed by atoms with Crippen molar-refractivity contribution in [2.24, 2.45) is 0 Å². The number of carbonyl (C=O) groups is 9. The van der Waals surface area contributed by atoms with Gasteiger partial charge in [-0.15, -0.1) is 11.6 Å². The highest BCUT2D eigenvalue weighted by atomic mass is 79.9. The van der Waals surface area contributed by atoms with E-state index in [9.17, 15) is 43.2 Å². The fourth-order valence-corrected chi connectivity index (χ4v) is 6.31. The molecule has 0 aromatic carbocycles. The molecule has 0 unspecified atom stereocenters. The van der Waals surface area contributed by atoms with E-state index in [1.807, 2.05) is 0 Å². The van der Waals surface area contributed by atoms with E-state index in [-0.39, 0.29) is 0 Å². The summed E-state index contributed by atoms with van der Waals surface area (Å²) >= 11 is 8.90. The molecule has 2 aliphatic rings. The molecule has 0 aromatic heterocycles. The van der Waals surface area contributed by atoms with E-state index in [4.69, 9.17) is 68.4 Å². The highest BCUT2D eigenvalue weighted by molar-refractivity contribution is 9.10. The average molecular weight is 878 g/mol. The van der Waals surface area contributed by atoms with Crippen molar-refractivity contribution in [3.8, 4) is 0 Å². The van der Waals surface area contributed by atoms with E-state index in [1.54, 1.807) is 0 Å². The monoisotopic (exact) mass is 876 g/mol. The van der Waals surface area contributed by atoms with Gasteiger partial charge in [0.1, 0.15) is 43.5 Å². The lowest BCUT2D eigenvalue weighted by Gasteiger charge is -2.50. The van der Waals surface area contributed by atoms with Crippen LogP contribution in [0.1, 0.15) is 54.9 Å². The Bertz CT molecular complexity index is 1460. The summed E-state index contributed by atoms with van der Waals surface area (Å²) in [5, 5.41) is 0. The number of alkyl halides is 2. The van der Waals surface area contributed by atoms with Crippen molar-refractivity contribution in [1.82, 2.24) is 0 Å². The van der Waals surface area contributed by atoms with Crippen molar-refractivity contribution in [2.45, 2.75) is 121 Å². The van der Waals surface area contributed by atoms with Gasteiger partial charge in [-0.05, 0) is 15.9 Å². The number of hydrogen-bond donors (Lipinski definition) is 0. The third kappa shape index (κ3) is 14.2. The molecule has 2 fully saturated rings. The summed E-state index contributed by atoms with van der Waals surface area (Å²) in [7, 11) is 1.01. The second kappa shape index (κ2) is 21.3. The van der Waals surface area contributed by atoms with Crippen molar-refractivity contribution in [1.29, 1.82) is 0 Å². The highest BCUT2D eigenvalue weighted by Crippen LogP contribution is 2.42. The average Bonchev–Trinajstić information content (AvgIpc) is 3.06. The number of hydrogen-bond acceptors (Lipinski definition) is 21.